The Morgan fingerprint density at radius 3 is 2.33 bits per heavy atom. The van der Waals surface area contributed by atoms with Crippen LogP contribution in [0.5, 0.6) is 5.75 Å². The van der Waals surface area contributed by atoms with Gasteiger partial charge in [-0.05, 0) is 42.8 Å². The van der Waals surface area contributed by atoms with E-state index in [9.17, 15) is 22.8 Å². The molecule has 0 aromatic heterocycles. The van der Waals surface area contributed by atoms with Crippen molar-refractivity contribution >= 4 is 29.2 Å². The summed E-state index contributed by atoms with van der Waals surface area (Å²) in [5.41, 5.74) is 0.0576. The fourth-order valence-electron chi connectivity index (χ4n) is 2.13. The van der Waals surface area contributed by atoms with Crippen LogP contribution >= 0.6 is 11.6 Å². The predicted octanol–water partition coefficient (Wildman–Crippen LogP) is 4.47. The number of amides is 1. The summed E-state index contributed by atoms with van der Waals surface area (Å²) in [5, 5.41) is 2.97. The third-order valence-corrected chi connectivity index (χ3v) is 3.94. The first-order valence-corrected chi connectivity index (χ1v) is 7.98. The number of carbonyl (C=O) groups is 2. The molecular formula is C18H15ClF3NO4. The molecule has 0 saturated heterocycles. The molecule has 9 heteroatoms. The second-order valence-corrected chi connectivity index (χ2v) is 5.91. The van der Waals surface area contributed by atoms with E-state index in [4.69, 9.17) is 21.1 Å². The number of rotatable bonds is 5. The number of nitrogens with one attached hydrogen (secondary N) is 1. The lowest BCUT2D eigenvalue weighted by Crippen LogP contribution is -2.21. The van der Waals surface area contributed by atoms with Gasteiger partial charge in [-0.15, -0.1) is 0 Å². The van der Waals surface area contributed by atoms with Crippen molar-refractivity contribution in [2.75, 3.05) is 19.0 Å². The normalized spacial score (nSPS) is 11.0. The van der Waals surface area contributed by atoms with E-state index in [1.54, 1.807) is 13.0 Å². The van der Waals surface area contributed by atoms with Crippen LogP contribution in [0.25, 0.3) is 0 Å². The Morgan fingerprint density at radius 1 is 1.15 bits per heavy atom. The van der Waals surface area contributed by atoms with Gasteiger partial charge in [0.15, 0.2) is 6.61 Å². The van der Waals surface area contributed by atoms with Crippen molar-refractivity contribution in [1.29, 1.82) is 0 Å². The Kier molecular flexibility index (Phi) is 6.32. The standard InChI is InChI=1S/C18H15ClF3NO4/c1-10-7-14(15(26-2)8-13(10)19)23-16(24)9-27-17(25)11-3-5-12(6-4-11)18(20,21)22/h3-8H,9H2,1-2H3,(H,23,24). The van der Waals surface area contributed by atoms with Crippen LogP contribution in [0.4, 0.5) is 18.9 Å². The highest BCUT2D eigenvalue weighted by Crippen LogP contribution is 2.31. The van der Waals surface area contributed by atoms with Gasteiger partial charge in [-0.2, -0.15) is 13.2 Å². The zero-order valence-electron chi connectivity index (χ0n) is 14.3. The molecule has 1 N–H and O–H groups in total. The molecule has 0 bridgehead atoms. The van der Waals surface area contributed by atoms with Crippen molar-refractivity contribution in [3.8, 4) is 5.75 Å². The molecule has 0 fully saturated rings. The van der Waals surface area contributed by atoms with E-state index in [0.717, 1.165) is 24.3 Å². The number of hydrogen-bond acceptors (Lipinski definition) is 4. The van der Waals surface area contributed by atoms with Crippen LogP contribution in [0.3, 0.4) is 0 Å². The second kappa shape index (κ2) is 8.30. The van der Waals surface area contributed by atoms with E-state index in [2.05, 4.69) is 5.32 Å². The first kappa shape index (κ1) is 20.6. The average molecular weight is 402 g/mol. The molecule has 2 rings (SSSR count). The van der Waals surface area contributed by atoms with E-state index >= 15 is 0 Å². The molecule has 0 aliphatic heterocycles. The Hall–Kier alpha value is -2.74. The summed E-state index contributed by atoms with van der Waals surface area (Å²) in [6.45, 7) is 1.12. The minimum Gasteiger partial charge on any atom is -0.495 e. The van der Waals surface area contributed by atoms with Crippen molar-refractivity contribution in [1.82, 2.24) is 0 Å². The molecule has 1 amide bonds. The number of alkyl halides is 3. The first-order chi connectivity index (χ1) is 12.6. The van der Waals surface area contributed by atoms with Gasteiger partial charge in [0, 0.05) is 11.1 Å². The fraction of sp³-hybridized carbons (Fsp3) is 0.222. The van der Waals surface area contributed by atoms with Gasteiger partial charge in [0.05, 0.1) is 23.9 Å². The quantitative estimate of drug-likeness (QED) is 0.751. The lowest BCUT2D eigenvalue weighted by molar-refractivity contribution is -0.137. The van der Waals surface area contributed by atoms with E-state index in [-0.39, 0.29) is 5.56 Å². The molecule has 0 heterocycles. The zero-order valence-corrected chi connectivity index (χ0v) is 15.1. The Morgan fingerprint density at radius 2 is 1.78 bits per heavy atom. The van der Waals surface area contributed by atoms with Crippen molar-refractivity contribution in [3.63, 3.8) is 0 Å². The molecule has 0 aliphatic carbocycles. The van der Waals surface area contributed by atoms with Gasteiger partial charge in [0.2, 0.25) is 0 Å². The van der Waals surface area contributed by atoms with Gasteiger partial charge in [-0.1, -0.05) is 11.6 Å². The van der Waals surface area contributed by atoms with Gasteiger partial charge < -0.3 is 14.8 Å². The van der Waals surface area contributed by atoms with Crippen LogP contribution in [0.2, 0.25) is 5.02 Å². The van der Waals surface area contributed by atoms with E-state index in [1.165, 1.54) is 13.2 Å². The maximum atomic E-state index is 12.5. The molecular weight excluding hydrogens is 387 g/mol. The summed E-state index contributed by atoms with van der Waals surface area (Å²) in [5.74, 6) is -1.23. The molecule has 0 unspecified atom stereocenters. The number of hydrogen-bond donors (Lipinski definition) is 1. The molecule has 0 atom stereocenters. The van der Waals surface area contributed by atoms with Crippen molar-refractivity contribution < 1.29 is 32.2 Å². The number of aryl methyl sites for hydroxylation is 1. The summed E-state index contributed by atoms with van der Waals surface area (Å²) < 4.78 is 47.5. The van der Waals surface area contributed by atoms with Gasteiger partial charge >= 0.3 is 12.1 Å². The van der Waals surface area contributed by atoms with Gasteiger partial charge in [0.1, 0.15) is 5.75 Å². The summed E-state index contributed by atoms with van der Waals surface area (Å²) in [4.78, 5) is 23.8. The van der Waals surface area contributed by atoms with Gasteiger partial charge in [-0.3, -0.25) is 4.79 Å². The van der Waals surface area contributed by atoms with Crippen LogP contribution in [0, 0.1) is 6.92 Å². The summed E-state index contributed by atoms with van der Waals surface area (Å²) in [6, 6.07) is 6.61. The number of halogens is 4. The Balaban J connectivity index is 1.97. The summed E-state index contributed by atoms with van der Waals surface area (Å²) >= 11 is 5.98. The SMILES string of the molecule is COc1cc(Cl)c(C)cc1NC(=O)COC(=O)c1ccc(C(F)(F)F)cc1. The number of ether oxygens (including phenoxy) is 2. The molecule has 0 aliphatic rings. The number of benzene rings is 2. The maximum absolute atomic E-state index is 12.5. The molecule has 5 nitrogen and oxygen atoms in total. The highest BCUT2D eigenvalue weighted by atomic mass is 35.5. The van der Waals surface area contributed by atoms with E-state index in [0.29, 0.717) is 22.0 Å². The topological polar surface area (TPSA) is 64.6 Å². The minimum absolute atomic E-state index is 0.101. The molecule has 27 heavy (non-hydrogen) atoms. The monoisotopic (exact) mass is 401 g/mol. The zero-order chi connectivity index (χ0) is 20.2. The van der Waals surface area contributed by atoms with E-state index in [1.807, 2.05) is 0 Å². The van der Waals surface area contributed by atoms with Crippen LogP contribution in [0.1, 0.15) is 21.5 Å². The summed E-state index contributed by atoms with van der Waals surface area (Å²) in [7, 11) is 1.40. The molecule has 2 aromatic rings. The Labute approximate surface area is 158 Å². The van der Waals surface area contributed by atoms with Crippen LogP contribution < -0.4 is 10.1 Å². The average Bonchev–Trinajstić information content (AvgIpc) is 2.62. The molecule has 0 radical (unpaired) electrons. The summed E-state index contributed by atoms with van der Waals surface area (Å²) in [6.07, 6.45) is -4.50. The van der Waals surface area contributed by atoms with Crippen LogP contribution in [-0.4, -0.2) is 25.6 Å². The lowest BCUT2D eigenvalue weighted by Gasteiger charge is -2.12. The third-order valence-electron chi connectivity index (χ3n) is 3.54. The fourth-order valence-corrected chi connectivity index (χ4v) is 2.28. The molecule has 0 saturated carbocycles. The molecule has 144 valence electrons. The van der Waals surface area contributed by atoms with Crippen molar-refractivity contribution in [2.24, 2.45) is 0 Å². The van der Waals surface area contributed by atoms with Gasteiger partial charge in [-0.25, -0.2) is 4.79 Å². The highest BCUT2D eigenvalue weighted by molar-refractivity contribution is 6.31. The van der Waals surface area contributed by atoms with E-state index < -0.39 is 30.2 Å². The highest BCUT2D eigenvalue weighted by Gasteiger charge is 2.30. The van der Waals surface area contributed by atoms with Crippen LogP contribution in [-0.2, 0) is 15.7 Å². The number of esters is 1. The smallest absolute Gasteiger partial charge is 0.416 e. The molecule has 2 aromatic carbocycles. The minimum atomic E-state index is -4.50. The first-order valence-electron chi connectivity index (χ1n) is 7.60. The predicted molar refractivity (Wildman–Crippen MR) is 93.1 cm³/mol. The largest absolute Gasteiger partial charge is 0.495 e. The van der Waals surface area contributed by atoms with Crippen molar-refractivity contribution in [2.45, 2.75) is 13.1 Å². The van der Waals surface area contributed by atoms with Crippen LogP contribution in [0.15, 0.2) is 36.4 Å². The number of carbonyl (C=O) groups excluding carboxylic acids is 2. The second-order valence-electron chi connectivity index (χ2n) is 5.50. The molecule has 0 spiro atoms. The van der Waals surface area contributed by atoms with Gasteiger partial charge in [0.25, 0.3) is 5.91 Å². The Bertz CT molecular complexity index is 851. The third kappa shape index (κ3) is 5.37. The lowest BCUT2D eigenvalue weighted by atomic mass is 10.1. The number of methoxy groups -OCH3 is 1. The number of anilines is 1. The maximum Gasteiger partial charge on any atom is 0.416 e. The van der Waals surface area contributed by atoms with Crippen molar-refractivity contribution in [3.05, 3.63) is 58.1 Å².